The number of aryl methyl sites for hydroxylation is 1. The largest absolute Gasteiger partial charge is 0.322 e. The van der Waals surface area contributed by atoms with Crippen LogP contribution in [0.15, 0.2) is 29.3 Å². The maximum atomic E-state index is 12.9. The fraction of sp³-hybridized carbons (Fsp3) is 0.316. The lowest BCUT2D eigenvalue weighted by Gasteiger charge is -2.09. The topological polar surface area (TPSA) is 64.0 Å². The number of carbonyl (C=O) groups is 1. The summed E-state index contributed by atoms with van der Waals surface area (Å²) in [5.41, 5.74) is 2.33. The van der Waals surface area contributed by atoms with E-state index in [4.69, 9.17) is 11.6 Å². The highest BCUT2D eigenvalue weighted by atomic mass is 35.5. The monoisotopic (exact) mass is 387 g/mol. The Morgan fingerprint density at radius 1 is 1.38 bits per heavy atom. The Kier molecular flexibility index (Phi) is 4.32. The molecule has 4 rings (SSSR count). The van der Waals surface area contributed by atoms with Gasteiger partial charge in [-0.05, 0) is 50.3 Å². The first-order valence-electron chi connectivity index (χ1n) is 8.50. The average Bonchev–Trinajstić information content (AvgIpc) is 3.35. The zero-order valence-electron chi connectivity index (χ0n) is 14.5. The second-order valence-corrected chi connectivity index (χ2v) is 8.35. The van der Waals surface area contributed by atoms with Crippen molar-refractivity contribution >= 4 is 44.7 Å². The number of nitrogens with one attached hydrogen (secondary N) is 1. The van der Waals surface area contributed by atoms with Crippen LogP contribution in [0.3, 0.4) is 0 Å². The molecule has 1 aliphatic rings. The molecular weight excluding hydrogens is 370 g/mol. The van der Waals surface area contributed by atoms with Crippen molar-refractivity contribution in [3.05, 3.63) is 55.9 Å². The van der Waals surface area contributed by atoms with Gasteiger partial charge in [-0.2, -0.15) is 0 Å². The molecule has 0 radical (unpaired) electrons. The van der Waals surface area contributed by atoms with Crippen molar-refractivity contribution in [3.8, 4) is 0 Å². The summed E-state index contributed by atoms with van der Waals surface area (Å²) in [5, 5.41) is 3.49. The van der Waals surface area contributed by atoms with Crippen LogP contribution in [0.4, 0.5) is 5.69 Å². The van der Waals surface area contributed by atoms with Crippen LogP contribution in [0.5, 0.6) is 0 Å². The normalized spacial score (nSPS) is 14.0. The standard InChI is InChI=1S/C19H18ClN3O2S/c1-10-13(20)4-3-5-14(10)22-18(24)15-11(2)26-17-16(15)21-9-23(19(17)25)8-12-6-7-12/h3-5,9,12H,6-8H2,1-2H3,(H,22,24). The highest BCUT2D eigenvalue weighted by molar-refractivity contribution is 7.19. The van der Waals surface area contributed by atoms with Crippen molar-refractivity contribution in [2.24, 2.45) is 5.92 Å². The summed E-state index contributed by atoms with van der Waals surface area (Å²) < 4.78 is 2.21. The number of hydrogen-bond donors (Lipinski definition) is 1. The van der Waals surface area contributed by atoms with E-state index in [1.54, 1.807) is 29.1 Å². The van der Waals surface area contributed by atoms with Crippen LogP contribution < -0.4 is 10.9 Å². The van der Waals surface area contributed by atoms with Gasteiger partial charge in [0.25, 0.3) is 11.5 Å². The van der Waals surface area contributed by atoms with E-state index in [1.807, 2.05) is 13.8 Å². The van der Waals surface area contributed by atoms with Gasteiger partial charge in [0, 0.05) is 22.1 Å². The fourth-order valence-corrected chi connectivity index (χ4v) is 4.24. The minimum absolute atomic E-state index is 0.0620. The van der Waals surface area contributed by atoms with Gasteiger partial charge in [0.2, 0.25) is 0 Å². The Hall–Kier alpha value is -2.18. The van der Waals surface area contributed by atoms with Gasteiger partial charge in [0.1, 0.15) is 10.2 Å². The quantitative estimate of drug-likeness (QED) is 0.722. The second kappa shape index (κ2) is 6.52. The summed E-state index contributed by atoms with van der Waals surface area (Å²) in [4.78, 5) is 30.8. The fourth-order valence-electron chi connectivity index (χ4n) is 3.01. The summed E-state index contributed by atoms with van der Waals surface area (Å²) in [6.45, 7) is 4.41. The van der Waals surface area contributed by atoms with Crippen LogP contribution >= 0.6 is 22.9 Å². The molecule has 2 aromatic heterocycles. The van der Waals surface area contributed by atoms with Crippen LogP contribution in [0.2, 0.25) is 5.02 Å². The number of carbonyl (C=O) groups excluding carboxylic acids is 1. The highest BCUT2D eigenvalue weighted by Gasteiger charge is 2.25. The van der Waals surface area contributed by atoms with Crippen LogP contribution in [0.1, 0.15) is 33.6 Å². The van der Waals surface area contributed by atoms with E-state index >= 15 is 0 Å². The third kappa shape index (κ3) is 3.04. The number of nitrogens with zero attached hydrogens (tertiary/aromatic N) is 2. The molecule has 3 aromatic rings. The van der Waals surface area contributed by atoms with Gasteiger partial charge >= 0.3 is 0 Å². The van der Waals surface area contributed by atoms with Crippen molar-refractivity contribution in [2.45, 2.75) is 33.2 Å². The van der Waals surface area contributed by atoms with Crippen LogP contribution in [0.25, 0.3) is 10.2 Å². The van der Waals surface area contributed by atoms with Gasteiger partial charge in [-0.15, -0.1) is 11.3 Å². The lowest BCUT2D eigenvalue weighted by Crippen LogP contribution is -2.21. The Balaban J connectivity index is 1.72. The summed E-state index contributed by atoms with van der Waals surface area (Å²) in [7, 11) is 0. The minimum Gasteiger partial charge on any atom is -0.322 e. The third-order valence-corrected chi connectivity index (χ3v) is 6.23. The van der Waals surface area contributed by atoms with Crippen molar-refractivity contribution < 1.29 is 4.79 Å². The first-order chi connectivity index (χ1) is 12.5. The number of benzene rings is 1. The molecule has 0 aliphatic heterocycles. The van der Waals surface area contributed by atoms with E-state index in [9.17, 15) is 9.59 Å². The van der Waals surface area contributed by atoms with E-state index < -0.39 is 0 Å². The number of rotatable bonds is 4. The number of halogens is 1. The van der Waals surface area contributed by atoms with Crippen molar-refractivity contribution in [1.29, 1.82) is 0 Å². The Morgan fingerprint density at radius 2 is 2.15 bits per heavy atom. The van der Waals surface area contributed by atoms with E-state index in [0.29, 0.717) is 39.0 Å². The molecular formula is C19H18ClN3O2S. The Labute approximate surface area is 159 Å². The molecule has 0 unspecified atom stereocenters. The summed E-state index contributed by atoms with van der Waals surface area (Å²) >= 11 is 7.46. The van der Waals surface area contributed by atoms with Crippen LogP contribution in [0, 0.1) is 19.8 Å². The average molecular weight is 388 g/mol. The van der Waals surface area contributed by atoms with Gasteiger partial charge in [-0.25, -0.2) is 4.98 Å². The molecule has 5 nitrogen and oxygen atoms in total. The van der Waals surface area contributed by atoms with Crippen LogP contribution in [-0.2, 0) is 6.54 Å². The van der Waals surface area contributed by atoms with Crippen molar-refractivity contribution in [2.75, 3.05) is 5.32 Å². The molecule has 7 heteroatoms. The molecule has 0 bridgehead atoms. The molecule has 26 heavy (non-hydrogen) atoms. The molecule has 134 valence electrons. The zero-order valence-corrected chi connectivity index (χ0v) is 16.1. The predicted molar refractivity (Wildman–Crippen MR) is 105 cm³/mol. The van der Waals surface area contributed by atoms with Gasteiger partial charge in [-0.3, -0.25) is 14.2 Å². The molecule has 1 saturated carbocycles. The van der Waals surface area contributed by atoms with Gasteiger partial charge in [0.15, 0.2) is 0 Å². The predicted octanol–water partition coefficient (Wildman–Crippen LogP) is 4.39. The Bertz CT molecular complexity index is 1080. The second-order valence-electron chi connectivity index (χ2n) is 6.72. The molecule has 1 aromatic carbocycles. The van der Waals surface area contributed by atoms with Gasteiger partial charge in [0.05, 0.1) is 11.9 Å². The number of aromatic nitrogens is 2. The van der Waals surface area contributed by atoms with E-state index in [1.165, 1.54) is 24.2 Å². The molecule has 1 N–H and O–H groups in total. The minimum atomic E-state index is -0.272. The lowest BCUT2D eigenvalue weighted by atomic mass is 10.1. The highest BCUT2D eigenvalue weighted by Crippen LogP contribution is 2.32. The van der Waals surface area contributed by atoms with E-state index in [2.05, 4.69) is 10.3 Å². The zero-order chi connectivity index (χ0) is 18.4. The lowest BCUT2D eigenvalue weighted by molar-refractivity contribution is 0.102. The smallest absolute Gasteiger partial charge is 0.271 e. The van der Waals surface area contributed by atoms with Gasteiger partial charge < -0.3 is 5.32 Å². The SMILES string of the molecule is Cc1sc2c(=O)n(CC3CC3)cnc2c1C(=O)Nc1cccc(Cl)c1C. The van der Waals surface area contributed by atoms with Gasteiger partial charge in [-0.1, -0.05) is 17.7 Å². The number of thiophene rings is 1. The molecule has 1 aliphatic carbocycles. The molecule has 0 spiro atoms. The first-order valence-corrected chi connectivity index (χ1v) is 9.70. The Morgan fingerprint density at radius 3 is 2.88 bits per heavy atom. The summed E-state index contributed by atoms with van der Waals surface area (Å²) in [6, 6.07) is 5.37. The molecule has 1 amide bonds. The maximum Gasteiger partial charge on any atom is 0.271 e. The van der Waals surface area contributed by atoms with Crippen LogP contribution in [-0.4, -0.2) is 15.5 Å². The van der Waals surface area contributed by atoms with E-state index in [-0.39, 0.29) is 11.5 Å². The first kappa shape index (κ1) is 17.2. The number of amides is 1. The molecule has 1 fully saturated rings. The maximum absolute atomic E-state index is 12.9. The van der Waals surface area contributed by atoms with E-state index in [0.717, 1.165) is 10.4 Å². The molecule has 2 heterocycles. The third-order valence-electron chi connectivity index (χ3n) is 4.74. The summed E-state index contributed by atoms with van der Waals surface area (Å²) in [5.74, 6) is 0.313. The summed E-state index contributed by atoms with van der Waals surface area (Å²) in [6.07, 6.45) is 3.90. The number of anilines is 1. The molecule has 0 atom stereocenters. The van der Waals surface area contributed by atoms with Crippen molar-refractivity contribution in [3.63, 3.8) is 0 Å². The number of hydrogen-bond acceptors (Lipinski definition) is 4. The molecule has 0 saturated heterocycles. The number of fused-ring (bicyclic) bond motifs is 1. The van der Waals surface area contributed by atoms with Crippen molar-refractivity contribution in [1.82, 2.24) is 9.55 Å².